The van der Waals surface area contributed by atoms with Crippen LogP contribution in [-0.2, 0) is 49.6 Å². The fourth-order valence-corrected chi connectivity index (χ4v) is 6.96. The third kappa shape index (κ3) is 17.9. The first-order valence-electron chi connectivity index (χ1n) is 22.0. The number of phenolic OH excluding ortho intramolecular Hbond substituents is 1. The summed E-state index contributed by atoms with van der Waals surface area (Å²) in [6.45, 7) is 5.16. The van der Waals surface area contributed by atoms with Crippen LogP contribution >= 0.6 is 0 Å². The molecule has 380 valence electrons. The van der Waals surface area contributed by atoms with Crippen molar-refractivity contribution in [2.45, 2.75) is 121 Å². The van der Waals surface area contributed by atoms with Crippen molar-refractivity contribution in [3.05, 3.63) is 29.8 Å². The number of carbonyl (C=O) groups excluding carboxylic acids is 8. The first-order chi connectivity index (χ1) is 31.9. The number of carbonyl (C=O) groups is 9. The number of carboxylic acids is 1. The van der Waals surface area contributed by atoms with Crippen molar-refractivity contribution in [1.29, 1.82) is 0 Å². The van der Waals surface area contributed by atoms with Crippen LogP contribution in [0.15, 0.2) is 29.3 Å². The number of aliphatic hydroxyl groups excluding tert-OH is 3. The first kappa shape index (κ1) is 57.5. The molecule has 0 bridgehead atoms. The van der Waals surface area contributed by atoms with Crippen molar-refractivity contribution >= 4 is 59.2 Å². The zero-order valence-electron chi connectivity index (χ0n) is 38.8. The van der Waals surface area contributed by atoms with E-state index in [1.54, 1.807) is 27.7 Å². The summed E-state index contributed by atoms with van der Waals surface area (Å²) in [5, 5.41) is 66.7. The van der Waals surface area contributed by atoms with Crippen molar-refractivity contribution in [2.75, 3.05) is 32.8 Å². The number of hydrogen-bond donors (Lipinski definition) is 15. The Bertz CT molecular complexity index is 1950. The van der Waals surface area contributed by atoms with Gasteiger partial charge in [-0.15, -0.1) is 0 Å². The fourth-order valence-electron chi connectivity index (χ4n) is 6.96. The van der Waals surface area contributed by atoms with E-state index in [-0.39, 0.29) is 50.5 Å². The maximum atomic E-state index is 13.9. The van der Waals surface area contributed by atoms with E-state index in [1.807, 2.05) is 0 Å². The molecule has 1 fully saturated rings. The molecule has 18 N–H and O–H groups in total. The quantitative estimate of drug-likeness (QED) is 0.0222. The summed E-state index contributed by atoms with van der Waals surface area (Å²) in [6, 6.07) is -6.00. The SMILES string of the molecule is CC(C)[C@H](NC(=O)[C@H](Cc1ccc(O)cc1)NC(=O)[C@@H](NC(=O)CN)[C@@H](C)O)C(=O)N[C@@H](CO)C(=O)N[C@@H](CO)C(=O)N[C@H](C(=O)N1CCC[C@H]1C(=O)N[C@@H](CCCN=C(N)N)C(=O)O)C(C)C. The van der Waals surface area contributed by atoms with Gasteiger partial charge in [-0.1, -0.05) is 39.8 Å². The van der Waals surface area contributed by atoms with Gasteiger partial charge in [0.15, 0.2) is 5.96 Å². The molecule has 1 aliphatic heterocycles. The number of aliphatic carboxylic acids is 1. The van der Waals surface area contributed by atoms with Gasteiger partial charge in [0.2, 0.25) is 47.3 Å². The number of benzene rings is 1. The molecule has 0 saturated carbocycles. The highest BCUT2D eigenvalue weighted by atomic mass is 16.4. The summed E-state index contributed by atoms with van der Waals surface area (Å²) in [6.07, 6.45) is -0.839. The number of nitrogens with two attached hydrogens (primary N) is 3. The molecule has 8 amide bonds. The molecule has 0 radical (unpaired) electrons. The third-order valence-corrected chi connectivity index (χ3v) is 10.8. The normalized spacial score (nSPS) is 16.9. The molecule has 0 aromatic heterocycles. The number of aromatic hydroxyl groups is 1. The summed E-state index contributed by atoms with van der Waals surface area (Å²) >= 11 is 0. The Morgan fingerprint density at radius 1 is 0.706 bits per heavy atom. The van der Waals surface area contributed by atoms with Crippen molar-refractivity contribution in [1.82, 2.24) is 42.1 Å². The third-order valence-electron chi connectivity index (χ3n) is 10.8. The highest BCUT2D eigenvalue weighted by Gasteiger charge is 2.41. The second kappa shape index (κ2) is 27.9. The lowest BCUT2D eigenvalue weighted by Crippen LogP contribution is -2.62. The number of aliphatic imine (C=N–C) groups is 1. The minimum absolute atomic E-state index is 0.00957. The van der Waals surface area contributed by atoms with Gasteiger partial charge < -0.3 is 84.9 Å². The Balaban J connectivity index is 2.21. The van der Waals surface area contributed by atoms with Crippen LogP contribution in [0.2, 0.25) is 0 Å². The Hall–Kier alpha value is -6.64. The standard InChI is InChI=1S/C42H68N12O14/c1-20(2)31(52-34(60)26(16-23-10-12-24(58)13-11-23)48-39(65)33(22(5)57)51-30(59)17-43)38(64)50-27(18-55)35(61)49-28(19-56)36(62)53-32(21(3)4)40(66)54-15-7-9-29(54)37(63)47-25(41(67)68)8-6-14-46-42(44)45/h10-13,20-22,25-29,31-33,55-58H,6-9,14-19,43H2,1-5H3,(H,47,63)(H,48,65)(H,49,61)(H,50,64)(H,51,59)(H,52,60)(H,53,62)(H,67,68)(H4,44,45,46)/t22-,25+,26+,27+,28+,29+,31+,32+,33+/m1/s1. The van der Waals surface area contributed by atoms with Crippen molar-refractivity contribution < 1.29 is 68.7 Å². The largest absolute Gasteiger partial charge is 0.508 e. The van der Waals surface area contributed by atoms with Crippen LogP contribution in [0, 0.1) is 11.8 Å². The van der Waals surface area contributed by atoms with Gasteiger partial charge in [-0.05, 0) is 62.1 Å². The molecule has 1 aliphatic rings. The lowest BCUT2D eigenvalue weighted by atomic mass is 10.00. The number of carboxylic acid groups (broad SMARTS) is 1. The summed E-state index contributed by atoms with van der Waals surface area (Å²) in [4.78, 5) is 124. The van der Waals surface area contributed by atoms with E-state index in [0.29, 0.717) is 12.0 Å². The maximum Gasteiger partial charge on any atom is 0.326 e. The molecule has 26 nitrogen and oxygen atoms in total. The molecular weight excluding hydrogens is 897 g/mol. The Kier molecular flexibility index (Phi) is 23.6. The van der Waals surface area contributed by atoms with Crippen LogP contribution in [-0.4, -0.2) is 177 Å². The van der Waals surface area contributed by atoms with Gasteiger partial charge in [0.05, 0.1) is 25.9 Å². The van der Waals surface area contributed by atoms with Gasteiger partial charge in [0.25, 0.3) is 0 Å². The number of likely N-dealkylation sites (tertiary alicyclic amines) is 1. The molecule has 2 rings (SSSR count). The van der Waals surface area contributed by atoms with E-state index in [1.165, 1.54) is 36.1 Å². The highest BCUT2D eigenvalue weighted by molar-refractivity contribution is 5.98. The molecule has 1 saturated heterocycles. The van der Waals surface area contributed by atoms with Crippen LogP contribution in [0.4, 0.5) is 0 Å². The van der Waals surface area contributed by atoms with Crippen LogP contribution < -0.4 is 54.4 Å². The van der Waals surface area contributed by atoms with Gasteiger partial charge in [-0.2, -0.15) is 0 Å². The second-order valence-electron chi connectivity index (χ2n) is 16.9. The Morgan fingerprint density at radius 2 is 1.22 bits per heavy atom. The fraction of sp³-hybridized carbons (Fsp3) is 0.619. The van der Waals surface area contributed by atoms with Crippen LogP contribution in [0.3, 0.4) is 0 Å². The highest BCUT2D eigenvalue weighted by Crippen LogP contribution is 2.21. The molecule has 1 aromatic rings. The van der Waals surface area contributed by atoms with E-state index in [4.69, 9.17) is 17.2 Å². The van der Waals surface area contributed by atoms with Gasteiger partial charge >= 0.3 is 5.97 Å². The Labute approximate surface area is 393 Å². The van der Waals surface area contributed by atoms with Crippen molar-refractivity contribution in [2.24, 2.45) is 34.0 Å². The zero-order valence-corrected chi connectivity index (χ0v) is 38.8. The summed E-state index contributed by atoms with van der Waals surface area (Å²) in [5.74, 6) is -10.2. The molecular formula is C42H68N12O14. The first-order valence-corrected chi connectivity index (χ1v) is 22.0. The number of amides is 8. The Morgan fingerprint density at radius 3 is 1.74 bits per heavy atom. The second-order valence-corrected chi connectivity index (χ2v) is 16.9. The van der Waals surface area contributed by atoms with Gasteiger partial charge in [-0.3, -0.25) is 43.3 Å². The minimum atomic E-state index is -1.76. The molecule has 0 unspecified atom stereocenters. The number of rotatable bonds is 27. The lowest BCUT2D eigenvalue weighted by Gasteiger charge is -2.32. The summed E-state index contributed by atoms with van der Waals surface area (Å²) < 4.78 is 0. The van der Waals surface area contributed by atoms with E-state index in [0.717, 1.165) is 0 Å². The van der Waals surface area contributed by atoms with E-state index >= 15 is 0 Å². The molecule has 9 atom stereocenters. The van der Waals surface area contributed by atoms with Gasteiger partial charge in [-0.25, -0.2) is 4.79 Å². The van der Waals surface area contributed by atoms with Crippen molar-refractivity contribution in [3.8, 4) is 5.75 Å². The molecule has 26 heteroatoms. The van der Waals surface area contributed by atoms with E-state index < -0.39 is 139 Å². The van der Waals surface area contributed by atoms with Gasteiger partial charge in [0, 0.05) is 19.5 Å². The average molecular weight is 965 g/mol. The van der Waals surface area contributed by atoms with Crippen LogP contribution in [0.5, 0.6) is 5.75 Å². The van der Waals surface area contributed by atoms with Crippen LogP contribution in [0.1, 0.15) is 65.9 Å². The minimum Gasteiger partial charge on any atom is -0.508 e. The van der Waals surface area contributed by atoms with Gasteiger partial charge in [0.1, 0.15) is 54.1 Å². The number of nitrogens with one attached hydrogen (secondary N) is 7. The smallest absolute Gasteiger partial charge is 0.326 e. The molecule has 0 spiro atoms. The molecule has 1 heterocycles. The van der Waals surface area contributed by atoms with E-state index in [2.05, 4.69) is 42.2 Å². The van der Waals surface area contributed by atoms with Crippen LogP contribution in [0.25, 0.3) is 0 Å². The molecule has 1 aromatic carbocycles. The maximum absolute atomic E-state index is 13.9. The number of hydrogen-bond acceptors (Lipinski definition) is 15. The average Bonchev–Trinajstić information content (AvgIpc) is 3.78. The van der Waals surface area contributed by atoms with Crippen molar-refractivity contribution in [3.63, 3.8) is 0 Å². The number of phenols is 1. The van der Waals surface area contributed by atoms with E-state index in [9.17, 15) is 68.7 Å². The number of guanidine groups is 1. The number of nitrogens with zero attached hydrogens (tertiary/aromatic N) is 2. The lowest BCUT2D eigenvalue weighted by molar-refractivity contribution is -0.145. The zero-order chi connectivity index (χ0) is 51.4. The number of aliphatic hydroxyl groups is 3. The summed E-state index contributed by atoms with van der Waals surface area (Å²) in [5.41, 5.74) is 16.4. The predicted molar refractivity (Wildman–Crippen MR) is 242 cm³/mol. The summed E-state index contributed by atoms with van der Waals surface area (Å²) in [7, 11) is 0. The topological polar surface area (TPSA) is 433 Å². The predicted octanol–water partition coefficient (Wildman–Crippen LogP) is -5.91. The monoisotopic (exact) mass is 964 g/mol. The molecule has 0 aliphatic carbocycles. The molecule has 68 heavy (non-hydrogen) atoms.